The summed E-state index contributed by atoms with van der Waals surface area (Å²) < 4.78 is 11.0. The molecule has 2 unspecified atom stereocenters. The molecule has 4 heteroatoms. The third-order valence-electron chi connectivity index (χ3n) is 4.31. The first-order valence-corrected chi connectivity index (χ1v) is 8.87. The molecule has 21 heavy (non-hydrogen) atoms. The number of nitrogens with zero attached hydrogens (tertiary/aromatic N) is 1. The molecule has 0 bridgehead atoms. The summed E-state index contributed by atoms with van der Waals surface area (Å²) in [5.41, 5.74) is 0. The van der Waals surface area contributed by atoms with Gasteiger partial charge in [-0.2, -0.15) is 0 Å². The smallest absolute Gasteiger partial charge is 0.0593 e. The molecule has 0 aromatic heterocycles. The van der Waals surface area contributed by atoms with E-state index in [1.54, 1.807) is 0 Å². The van der Waals surface area contributed by atoms with Crippen LogP contribution in [0.3, 0.4) is 0 Å². The molecule has 4 nitrogen and oxygen atoms in total. The van der Waals surface area contributed by atoms with E-state index >= 15 is 0 Å². The molecular formula is C17H36N2O2. The lowest BCUT2D eigenvalue weighted by atomic mass is 9.87. The quantitative estimate of drug-likeness (QED) is 0.562. The largest absolute Gasteiger partial charge is 0.380 e. The minimum Gasteiger partial charge on any atom is -0.380 e. The van der Waals surface area contributed by atoms with Crippen molar-refractivity contribution in [1.82, 2.24) is 10.2 Å². The molecule has 0 saturated heterocycles. The number of ether oxygens (including phenoxy) is 2. The zero-order valence-corrected chi connectivity index (χ0v) is 14.4. The molecule has 1 aliphatic rings. The molecule has 0 heterocycles. The average molecular weight is 300 g/mol. The molecule has 126 valence electrons. The van der Waals surface area contributed by atoms with Gasteiger partial charge in [0.15, 0.2) is 0 Å². The predicted octanol–water partition coefficient (Wildman–Crippen LogP) is 2.53. The van der Waals surface area contributed by atoms with Crippen LogP contribution >= 0.6 is 0 Å². The van der Waals surface area contributed by atoms with E-state index in [0.717, 1.165) is 64.6 Å². The van der Waals surface area contributed by atoms with E-state index in [1.165, 1.54) is 25.7 Å². The lowest BCUT2D eigenvalue weighted by Gasteiger charge is -2.29. The molecule has 0 aliphatic heterocycles. The van der Waals surface area contributed by atoms with Crippen molar-refractivity contribution in [3.8, 4) is 0 Å². The van der Waals surface area contributed by atoms with E-state index in [2.05, 4.69) is 31.0 Å². The van der Waals surface area contributed by atoms with Gasteiger partial charge in [0, 0.05) is 45.4 Å². The van der Waals surface area contributed by atoms with Crippen molar-refractivity contribution in [1.29, 1.82) is 0 Å². The fourth-order valence-electron chi connectivity index (χ4n) is 3.06. The first-order valence-electron chi connectivity index (χ1n) is 8.87. The second-order valence-corrected chi connectivity index (χ2v) is 6.16. The number of nitrogens with one attached hydrogen (secondary N) is 1. The monoisotopic (exact) mass is 300 g/mol. The fourth-order valence-corrected chi connectivity index (χ4v) is 3.06. The summed E-state index contributed by atoms with van der Waals surface area (Å²) in [7, 11) is 0. The van der Waals surface area contributed by atoms with Crippen LogP contribution in [0.15, 0.2) is 0 Å². The van der Waals surface area contributed by atoms with E-state index in [4.69, 9.17) is 9.47 Å². The number of hydrogen-bond acceptors (Lipinski definition) is 4. The third-order valence-corrected chi connectivity index (χ3v) is 4.31. The van der Waals surface area contributed by atoms with E-state index in [0.29, 0.717) is 0 Å². The molecule has 0 amide bonds. The van der Waals surface area contributed by atoms with Crippen LogP contribution in [0.5, 0.6) is 0 Å². The zero-order valence-electron chi connectivity index (χ0n) is 14.4. The minimum absolute atomic E-state index is 0.731. The second kappa shape index (κ2) is 12.4. The van der Waals surface area contributed by atoms with Gasteiger partial charge in [0.25, 0.3) is 0 Å². The molecule has 0 aromatic carbocycles. The van der Waals surface area contributed by atoms with Crippen molar-refractivity contribution >= 4 is 0 Å². The summed E-state index contributed by atoms with van der Waals surface area (Å²) in [6, 6.07) is 0.731. The van der Waals surface area contributed by atoms with Crippen molar-refractivity contribution in [3.05, 3.63) is 0 Å². The minimum atomic E-state index is 0.731. The number of rotatable bonds is 12. The molecule has 0 radical (unpaired) electrons. The summed E-state index contributed by atoms with van der Waals surface area (Å²) >= 11 is 0. The summed E-state index contributed by atoms with van der Waals surface area (Å²) in [6.07, 6.45) is 5.49. The standard InChI is InChI=1S/C17H36N2O2/c1-4-20-13-11-19(12-14-21-5-2)10-9-18-17-8-6-7-16(3)15-17/h16-18H,4-15H2,1-3H3. The first kappa shape index (κ1) is 18.9. The van der Waals surface area contributed by atoms with Gasteiger partial charge in [-0.05, 0) is 32.6 Å². The highest BCUT2D eigenvalue weighted by molar-refractivity contribution is 4.76. The van der Waals surface area contributed by atoms with Crippen LogP contribution in [0.1, 0.15) is 46.5 Å². The van der Waals surface area contributed by atoms with Crippen LogP contribution in [-0.4, -0.2) is 63.5 Å². The molecule has 0 aromatic rings. The summed E-state index contributed by atoms with van der Waals surface area (Å²) in [5, 5.41) is 3.74. The Hall–Kier alpha value is -0.160. The molecule has 0 spiro atoms. The van der Waals surface area contributed by atoms with Gasteiger partial charge in [0.1, 0.15) is 0 Å². The van der Waals surface area contributed by atoms with Crippen LogP contribution in [0, 0.1) is 5.92 Å². The highest BCUT2D eigenvalue weighted by atomic mass is 16.5. The SMILES string of the molecule is CCOCCN(CCNC1CCCC(C)C1)CCOCC. The Morgan fingerprint density at radius 3 is 2.24 bits per heavy atom. The van der Waals surface area contributed by atoms with Gasteiger partial charge in [-0.1, -0.05) is 19.8 Å². The maximum atomic E-state index is 5.48. The van der Waals surface area contributed by atoms with Gasteiger partial charge in [0.2, 0.25) is 0 Å². The van der Waals surface area contributed by atoms with Crippen LogP contribution in [0.2, 0.25) is 0 Å². The maximum Gasteiger partial charge on any atom is 0.0593 e. The van der Waals surface area contributed by atoms with Crippen molar-refractivity contribution in [2.45, 2.75) is 52.5 Å². The Balaban J connectivity index is 2.16. The van der Waals surface area contributed by atoms with Crippen LogP contribution in [0.4, 0.5) is 0 Å². The topological polar surface area (TPSA) is 33.7 Å². The normalized spacial score (nSPS) is 22.9. The van der Waals surface area contributed by atoms with Crippen molar-refractivity contribution in [3.63, 3.8) is 0 Å². The number of hydrogen-bond donors (Lipinski definition) is 1. The molecule has 2 atom stereocenters. The lowest BCUT2D eigenvalue weighted by Crippen LogP contribution is -2.41. The van der Waals surface area contributed by atoms with Gasteiger partial charge >= 0.3 is 0 Å². The highest BCUT2D eigenvalue weighted by Crippen LogP contribution is 2.23. The van der Waals surface area contributed by atoms with Crippen LogP contribution in [-0.2, 0) is 9.47 Å². The highest BCUT2D eigenvalue weighted by Gasteiger charge is 2.18. The zero-order chi connectivity index (χ0) is 15.3. The summed E-state index contributed by atoms with van der Waals surface area (Å²) in [5.74, 6) is 0.892. The molecule has 1 rings (SSSR count). The van der Waals surface area contributed by atoms with Gasteiger partial charge < -0.3 is 14.8 Å². The van der Waals surface area contributed by atoms with E-state index in [9.17, 15) is 0 Å². The molecule has 1 saturated carbocycles. The Labute approximate surface area is 131 Å². The molecule has 1 fully saturated rings. The maximum absolute atomic E-state index is 5.48. The Morgan fingerprint density at radius 2 is 1.67 bits per heavy atom. The van der Waals surface area contributed by atoms with E-state index < -0.39 is 0 Å². The average Bonchev–Trinajstić information content (AvgIpc) is 2.47. The molecule has 1 aliphatic carbocycles. The Bertz CT molecular complexity index is 229. The van der Waals surface area contributed by atoms with Gasteiger partial charge in [0.05, 0.1) is 13.2 Å². The Morgan fingerprint density at radius 1 is 1.00 bits per heavy atom. The first-order chi connectivity index (χ1) is 10.3. The van der Waals surface area contributed by atoms with Crippen LogP contribution < -0.4 is 5.32 Å². The van der Waals surface area contributed by atoms with Crippen LogP contribution in [0.25, 0.3) is 0 Å². The second-order valence-electron chi connectivity index (χ2n) is 6.16. The molecule has 1 N–H and O–H groups in total. The fraction of sp³-hybridized carbons (Fsp3) is 1.00. The Kier molecular flexibility index (Phi) is 11.1. The van der Waals surface area contributed by atoms with Crippen molar-refractivity contribution in [2.75, 3.05) is 52.6 Å². The van der Waals surface area contributed by atoms with Gasteiger partial charge in [-0.25, -0.2) is 0 Å². The van der Waals surface area contributed by atoms with Crippen molar-refractivity contribution in [2.24, 2.45) is 5.92 Å². The van der Waals surface area contributed by atoms with Crippen molar-refractivity contribution < 1.29 is 9.47 Å². The molecular weight excluding hydrogens is 264 g/mol. The van der Waals surface area contributed by atoms with E-state index in [-0.39, 0.29) is 0 Å². The third kappa shape index (κ3) is 9.46. The van der Waals surface area contributed by atoms with E-state index in [1.807, 2.05) is 0 Å². The summed E-state index contributed by atoms with van der Waals surface area (Å²) in [6.45, 7) is 13.9. The van der Waals surface area contributed by atoms with Gasteiger partial charge in [-0.15, -0.1) is 0 Å². The van der Waals surface area contributed by atoms with Gasteiger partial charge in [-0.3, -0.25) is 4.90 Å². The predicted molar refractivity (Wildman–Crippen MR) is 88.8 cm³/mol. The lowest BCUT2D eigenvalue weighted by molar-refractivity contribution is 0.0825. The summed E-state index contributed by atoms with van der Waals surface area (Å²) in [4.78, 5) is 2.45.